The van der Waals surface area contributed by atoms with E-state index in [1.54, 1.807) is 0 Å². The summed E-state index contributed by atoms with van der Waals surface area (Å²) in [7, 11) is 0. The molecule has 0 aromatic carbocycles. The van der Waals surface area contributed by atoms with Crippen molar-refractivity contribution in [3.8, 4) is 0 Å². The minimum atomic E-state index is 0.165. The third kappa shape index (κ3) is 6.49. The van der Waals surface area contributed by atoms with Gasteiger partial charge < -0.3 is 5.73 Å². The van der Waals surface area contributed by atoms with E-state index in [-0.39, 0.29) is 5.54 Å². The SMILES string of the molecule is CCCCCCCCN(CC)C(C)(C)CN. The van der Waals surface area contributed by atoms with Crippen LogP contribution in [0.1, 0.15) is 66.2 Å². The van der Waals surface area contributed by atoms with Gasteiger partial charge in [-0.1, -0.05) is 46.0 Å². The van der Waals surface area contributed by atoms with Crippen molar-refractivity contribution in [3.63, 3.8) is 0 Å². The third-order valence-electron chi connectivity index (χ3n) is 3.52. The number of nitrogens with zero attached hydrogens (tertiary/aromatic N) is 1. The molecule has 0 saturated heterocycles. The summed E-state index contributed by atoms with van der Waals surface area (Å²) in [6.45, 7) is 12.0. The zero-order chi connectivity index (χ0) is 12.4. The predicted molar refractivity (Wildman–Crippen MR) is 73.8 cm³/mol. The van der Waals surface area contributed by atoms with Gasteiger partial charge in [0.2, 0.25) is 0 Å². The Morgan fingerprint density at radius 2 is 1.50 bits per heavy atom. The Kier molecular flexibility index (Phi) is 8.96. The fourth-order valence-corrected chi connectivity index (χ4v) is 2.10. The van der Waals surface area contributed by atoms with Crippen LogP contribution in [0.15, 0.2) is 0 Å². The zero-order valence-electron chi connectivity index (χ0n) is 11.9. The van der Waals surface area contributed by atoms with Gasteiger partial charge in [0.25, 0.3) is 0 Å². The molecule has 2 nitrogen and oxygen atoms in total. The highest BCUT2D eigenvalue weighted by molar-refractivity contribution is 4.81. The van der Waals surface area contributed by atoms with Crippen molar-refractivity contribution in [1.82, 2.24) is 4.90 Å². The van der Waals surface area contributed by atoms with Crippen molar-refractivity contribution in [2.75, 3.05) is 19.6 Å². The monoisotopic (exact) mass is 228 g/mol. The fourth-order valence-electron chi connectivity index (χ4n) is 2.10. The molecule has 2 N–H and O–H groups in total. The van der Waals surface area contributed by atoms with E-state index in [2.05, 4.69) is 32.6 Å². The van der Waals surface area contributed by atoms with Crippen molar-refractivity contribution >= 4 is 0 Å². The molecule has 0 atom stereocenters. The maximum Gasteiger partial charge on any atom is 0.0275 e. The Balaban J connectivity index is 3.64. The van der Waals surface area contributed by atoms with Crippen molar-refractivity contribution in [3.05, 3.63) is 0 Å². The summed E-state index contributed by atoms with van der Waals surface area (Å²) in [6.07, 6.45) is 8.22. The third-order valence-corrected chi connectivity index (χ3v) is 3.52. The van der Waals surface area contributed by atoms with Crippen LogP contribution >= 0.6 is 0 Å². The van der Waals surface area contributed by atoms with E-state index in [1.165, 1.54) is 45.1 Å². The van der Waals surface area contributed by atoms with Crippen molar-refractivity contribution in [2.45, 2.75) is 71.8 Å². The summed E-state index contributed by atoms with van der Waals surface area (Å²) in [6, 6.07) is 0. The van der Waals surface area contributed by atoms with Gasteiger partial charge in [-0.2, -0.15) is 0 Å². The lowest BCUT2D eigenvalue weighted by Crippen LogP contribution is -2.49. The van der Waals surface area contributed by atoms with E-state index in [0.717, 1.165) is 13.1 Å². The Morgan fingerprint density at radius 1 is 0.938 bits per heavy atom. The largest absolute Gasteiger partial charge is 0.329 e. The fraction of sp³-hybridized carbons (Fsp3) is 1.00. The lowest BCUT2D eigenvalue weighted by atomic mass is 10.0. The molecule has 0 saturated carbocycles. The summed E-state index contributed by atoms with van der Waals surface area (Å²) in [5.41, 5.74) is 5.98. The first-order chi connectivity index (χ1) is 7.58. The molecule has 0 aromatic rings. The smallest absolute Gasteiger partial charge is 0.0275 e. The van der Waals surface area contributed by atoms with Gasteiger partial charge in [-0.3, -0.25) is 4.90 Å². The maximum absolute atomic E-state index is 5.81. The average Bonchev–Trinajstić information content (AvgIpc) is 2.28. The topological polar surface area (TPSA) is 29.3 Å². The van der Waals surface area contributed by atoms with Gasteiger partial charge in [-0.15, -0.1) is 0 Å². The molecule has 0 unspecified atom stereocenters. The average molecular weight is 228 g/mol. The van der Waals surface area contributed by atoms with Crippen LogP contribution in [0.4, 0.5) is 0 Å². The number of nitrogens with two attached hydrogens (primary N) is 1. The first kappa shape index (κ1) is 15.9. The zero-order valence-corrected chi connectivity index (χ0v) is 11.9. The number of rotatable bonds is 10. The normalized spacial score (nSPS) is 12.4. The molecule has 0 amide bonds. The Bertz CT molecular complexity index is 155. The molecule has 0 aromatic heterocycles. The second kappa shape index (κ2) is 9.00. The molecule has 0 aliphatic rings. The quantitative estimate of drug-likeness (QED) is 0.581. The number of unbranched alkanes of at least 4 members (excludes halogenated alkanes) is 5. The van der Waals surface area contributed by atoms with Crippen LogP contribution in [0.2, 0.25) is 0 Å². The van der Waals surface area contributed by atoms with E-state index in [0.29, 0.717) is 0 Å². The van der Waals surface area contributed by atoms with Crippen LogP contribution in [0.3, 0.4) is 0 Å². The van der Waals surface area contributed by atoms with Gasteiger partial charge in [-0.05, 0) is 33.4 Å². The van der Waals surface area contributed by atoms with Crippen molar-refractivity contribution in [2.24, 2.45) is 5.73 Å². The molecule has 0 radical (unpaired) electrons. The molecule has 0 aliphatic carbocycles. The van der Waals surface area contributed by atoms with Crippen molar-refractivity contribution < 1.29 is 0 Å². The first-order valence-electron chi connectivity index (χ1n) is 7.03. The van der Waals surface area contributed by atoms with Crippen LogP contribution in [0.5, 0.6) is 0 Å². The number of hydrogen-bond acceptors (Lipinski definition) is 2. The number of likely N-dealkylation sites (N-methyl/N-ethyl adjacent to an activating group) is 1. The highest BCUT2D eigenvalue weighted by Gasteiger charge is 2.22. The highest BCUT2D eigenvalue weighted by Crippen LogP contribution is 2.14. The van der Waals surface area contributed by atoms with E-state index in [1.807, 2.05) is 0 Å². The molecule has 16 heavy (non-hydrogen) atoms. The van der Waals surface area contributed by atoms with Gasteiger partial charge in [0.15, 0.2) is 0 Å². The van der Waals surface area contributed by atoms with Crippen LogP contribution < -0.4 is 5.73 Å². The summed E-state index contributed by atoms with van der Waals surface area (Å²) >= 11 is 0. The second-order valence-electron chi connectivity index (χ2n) is 5.36. The van der Waals surface area contributed by atoms with Crippen LogP contribution in [0, 0.1) is 0 Å². The molecule has 0 rings (SSSR count). The van der Waals surface area contributed by atoms with Crippen LogP contribution in [-0.4, -0.2) is 30.1 Å². The van der Waals surface area contributed by atoms with Gasteiger partial charge in [0.05, 0.1) is 0 Å². The highest BCUT2D eigenvalue weighted by atomic mass is 15.2. The Hall–Kier alpha value is -0.0800. The van der Waals surface area contributed by atoms with E-state index < -0.39 is 0 Å². The standard InChI is InChI=1S/C14H32N2/c1-5-7-8-9-10-11-12-16(6-2)14(3,4)13-15/h5-13,15H2,1-4H3. The van der Waals surface area contributed by atoms with Gasteiger partial charge in [0, 0.05) is 12.1 Å². The predicted octanol–water partition coefficient (Wildman–Crippen LogP) is 3.41. The van der Waals surface area contributed by atoms with E-state index in [4.69, 9.17) is 5.73 Å². The second-order valence-corrected chi connectivity index (χ2v) is 5.36. The molecular formula is C14H32N2. The molecule has 98 valence electrons. The summed E-state index contributed by atoms with van der Waals surface area (Å²) in [4.78, 5) is 2.51. The lowest BCUT2D eigenvalue weighted by molar-refractivity contribution is 0.131. The molecule has 0 spiro atoms. The van der Waals surface area contributed by atoms with E-state index in [9.17, 15) is 0 Å². The summed E-state index contributed by atoms with van der Waals surface area (Å²) in [5, 5.41) is 0. The molecular weight excluding hydrogens is 196 g/mol. The molecule has 0 aliphatic heterocycles. The van der Waals surface area contributed by atoms with Gasteiger partial charge >= 0.3 is 0 Å². The van der Waals surface area contributed by atoms with Gasteiger partial charge in [0.1, 0.15) is 0 Å². The van der Waals surface area contributed by atoms with Crippen LogP contribution in [-0.2, 0) is 0 Å². The van der Waals surface area contributed by atoms with Crippen LogP contribution in [0.25, 0.3) is 0 Å². The molecule has 2 heteroatoms. The minimum Gasteiger partial charge on any atom is -0.329 e. The van der Waals surface area contributed by atoms with Crippen molar-refractivity contribution in [1.29, 1.82) is 0 Å². The van der Waals surface area contributed by atoms with E-state index >= 15 is 0 Å². The minimum absolute atomic E-state index is 0.165. The number of hydrogen-bond donors (Lipinski definition) is 1. The molecule has 0 fully saturated rings. The first-order valence-corrected chi connectivity index (χ1v) is 7.03. The Labute approximate surface area is 103 Å². The lowest BCUT2D eigenvalue weighted by Gasteiger charge is -2.37. The summed E-state index contributed by atoms with van der Waals surface area (Å²) in [5.74, 6) is 0. The van der Waals surface area contributed by atoms with Gasteiger partial charge in [-0.25, -0.2) is 0 Å². The molecule has 0 bridgehead atoms. The Morgan fingerprint density at radius 3 is 2.00 bits per heavy atom. The molecule has 0 heterocycles. The summed E-state index contributed by atoms with van der Waals surface area (Å²) < 4.78 is 0. The maximum atomic E-state index is 5.81.